The minimum absolute atomic E-state index is 0.136. The van der Waals surface area contributed by atoms with Gasteiger partial charge in [0.1, 0.15) is 21.8 Å². The second-order valence-corrected chi connectivity index (χ2v) is 14.0. The van der Waals surface area contributed by atoms with Crippen molar-refractivity contribution >= 4 is 45.3 Å². The van der Waals surface area contributed by atoms with Crippen molar-refractivity contribution in [2.75, 3.05) is 11.4 Å². The van der Waals surface area contributed by atoms with E-state index in [1.165, 1.54) is 11.1 Å². The van der Waals surface area contributed by atoms with Crippen molar-refractivity contribution in [1.29, 1.82) is 0 Å². The van der Waals surface area contributed by atoms with E-state index in [0.29, 0.717) is 5.65 Å². The zero-order valence-corrected chi connectivity index (χ0v) is 24.0. The Morgan fingerprint density at radius 3 is 2.80 bits per heavy atom. The number of nitrogens with zero attached hydrogens (tertiary/aromatic N) is 6. The number of aryl methyl sites for hydroxylation is 1. The molecular weight excluding hydrogens is 518 g/mol. The highest BCUT2D eigenvalue weighted by molar-refractivity contribution is 7.91. The number of fused-ring (bicyclic) bond motifs is 3. The maximum absolute atomic E-state index is 13.1. The lowest BCUT2D eigenvalue weighted by Crippen LogP contribution is -2.34. The number of pyridine rings is 1. The second kappa shape index (κ2) is 9.52. The van der Waals surface area contributed by atoms with E-state index >= 15 is 0 Å². The highest BCUT2D eigenvalue weighted by Gasteiger charge is 2.46. The minimum Gasteiger partial charge on any atom is -0.591 e. The molecule has 8 nitrogen and oxygen atoms in total. The molecule has 4 aromatic rings. The topological polar surface area (TPSA) is 106 Å². The molecule has 1 aliphatic heterocycles. The maximum Gasteiger partial charge on any atom is 0.183 e. The van der Waals surface area contributed by atoms with Crippen LogP contribution in [-0.4, -0.2) is 46.7 Å². The van der Waals surface area contributed by atoms with Gasteiger partial charge >= 0.3 is 0 Å². The van der Waals surface area contributed by atoms with E-state index in [2.05, 4.69) is 56.5 Å². The van der Waals surface area contributed by atoms with Crippen LogP contribution in [0.25, 0.3) is 16.7 Å². The van der Waals surface area contributed by atoms with Crippen LogP contribution in [0.1, 0.15) is 69.0 Å². The van der Waals surface area contributed by atoms with Gasteiger partial charge in [-0.05, 0) is 82.6 Å². The number of aromatic amines is 1. The molecule has 3 aliphatic rings. The molecule has 7 rings (SSSR count). The molecule has 1 N–H and O–H groups in total. The van der Waals surface area contributed by atoms with Crippen molar-refractivity contribution in [2.45, 2.75) is 64.0 Å². The summed E-state index contributed by atoms with van der Waals surface area (Å²) in [5, 5.41) is 7.76. The first-order valence-electron chi connectivity index (χ1n) is 14.0. The predicted molar refractivity (Wildman–Crippen MR) is 160 cm³/mol. The van der Waals surface area contributed by atoms with Gasteiger partial charge in [0.25, 0.3) is 0 Å². The number of rotatable bonds is 3. The van der Waals surface area contributed by atoms with Crippen molar-refractivity contribution in [3.8, 4) is 0 Å². The van der Waals surface area contributed by atoms with E-state index in [1.807, 2.05) is 39.2 Å². The minimum atomic E-state index is -1.31. The van der Waals surface area contributed by atoms with Gasteiger partial charge in [-0.1, -0.05) is 34.7 Å². The summed E-state index contributed by atoms with van der Waals surface area (Å²) in [6.45, 7) is 6.82. The van der Waals surface area contributed by atoms with Crippen LogP contribution in [-0.2, 0) is 24.2 Å². The summed E-state index contributed by atoms with van der Waals surface area (Å²) in [7, 11) is 0. The largest absolute Gasteiger partial charge is 0.591 e. The molecule has 204 valence electrons. The van der Waals surface area contributed by atoms with Crippen molar-refractivity contribution in [3.05, 3.63) is 77.4 Å². The van der Waals surface area contributed by atoms with Gasteiger partial charge in [-0.3, -0.25) is 10.1 Å². The number of H-pyrrole nitrogens is 1. The SMILES string of the molecule is CC(C)(C)[S+]([O-])N=C1c2ccccc2CC12CC=C(c1cnc3c(N4CCCc5ncccc54)n[nH]c3n1)CC2. The number of hydrogen-bond donors (Lipinski definition) is 1. The van der Waals surface area contributed by atoms with Gasteiger partial charge in [0.15, 0.2) is 17.0 Å². The third kappa shape index (κ3) is 4.23. The zero-order chi connectivity index (χ0) is 27.5. The number of allylic oxidation sites excluding steroid dienone is 2. The van der Waals surface area contributed by atoms with Crippen molar-refractivity contribution < 1.29 is 4.55 Å². The molecule has 0 saturated carbocycles. The zero-order valence-electron chi connectivity index (χ0n) is 23.1. The Kier molecular flexibility index (Phi) is 6.05. The molecule has 2 aliphatic carbocycles. The molecule has 40 heavy (non-hydrogen) atoms. The van der Waals surface area contributed by atoms with Crippen LogP contribution in [0.3, 0.4) is 0 Å². The average Bonchev–Trinajstić information content (AvgIpc) is 3.51. The molecule has 2 unspecified atom stereocenters. The van der Waals surface area contributed by atoms with E-state index in [4.69, 9.17) is 14.4 Å². The summed E-state index contributed by atoms with van der Waals surface area (Å²) in [5.74, 6) is 0.802. The molecule has 2 atom stereocenters. The molecular formula is C31H33N7OS. The van der Waals surface area contributed by atoms with Crippen LogP contribution in [0.2, 0.25) is 0 Å². The lowest BCUT2D eigenvalue weighted by molar-refractivity contribution is 0.394. The summed E-state index contributed by atoms with van der Waals surface area (Å²) in [6, 6.07) is 12.5. The quantitative estimate of drug-likeness (QED) is 0.318. The molecule has 0 radical (unpaired) electrons. The Balaban J connectivity index is 1.19. The Hall–Kier alpha value is -3.56. The molecule has 1 aromatic carbocycles. The molecule has 0 bridgehead atoms. The first-order chi connectivity index (χ1) is 19.3. The standard InChI is InChI=1S/C31H33N7OS/c1-30(2,3)40(39)37-27-22-9-5-4-8-21(22)18-31(27)14-12-20(13-15-31)24-19-33-26-28(34-24)35-36-29(26)38-17-7-10-23-25(38)11-6-16-32-23/h4-6,8-9,11-12,16,19H,7,10,13-15,17-18H2,1-3H3,(H,34,35,36). The Bertz CT molecular complexity index is 1670. The van der Waals surface area contributed by atoms with Crippen LogP contribution in [0.5, 0.6) is 0 Å². The predicted octanol–water partition coefficient (Wildman–Crippen LogP) is 5.89. The summed E-state index contributed by atoms with van der Waals surface area (Å²) in [4.78, 5) is 16.6. The lowest BCUT2D eigenvalue weighted by Gasteiger charge is -2.33. The molecule has 0 fully saturated rings. The van der Waals surface area contributed by atoms with Crippen molar-refractivity contribution in [1.82, 2.24) is 25.1 Å². The number of hydrogen-bond acceptors (Lipinski definition) is 7. The van der Waals surface area contributed by atoms with Gasteiger partial charge in [-0.25, -0.2) is 9.97 Å². The van der Waals surface area contributed by atoms with E-state index < -0.39 is 16.1 Å². The Morgan fingerprint density at radius 2 is 1.98 bits per heavy atom. The third-order valence-electron chi connectivity index (χ3n) is 8.40. The number of nitrogens with one attached hydrogen (secondary N) is 1. The Morgan fingerprint density at radius 1 is 1.10 bits per heavy atom. The molecule has 1 spiro atoms. The van der Waals surface area contributed by atoms with E-state index in [1.54, 1.807) is 0 Å². The van der Waals surface area contributed by atoms with Gasteiger partial charge in [0, 0.05) is 23.7 Å². The van der Waals surface area contributed by atoms with Crippen LogP contribution < -0.4 is 4.90 Å². The smallest absolute Gasteiger partial charge is 0.183 e. The third-order valence-corrected chi connectivity index (χ3v) is 9.80. The maximum atomic E-state index is 13.1. The fourth-order valence-electron chi connectivity index (χ4n) is 6.26. The summed E-state index contributed by atoms with van der Waals surface area (Å²) < 4.78 is 17.6. The lowest BCUT2D eigenvalue weighted by atomic mass is 9.71. The monoisotopic (exact) mass is 551 g/mol. The van der Waals surface area contributed by atoms with E-state index in [-0.39, 0.29) is 5.41 Å². The van der Waals surface area contributed by atoms with Gasteiger partial charge in [0.05, 0.1) is 23.3 Å². The number of anilines is 2. The van der Waals surface area contributed by atoms with Gasteiger partial charge in [0.2, 0.25) is 0 Å². The number of aromatic nitrogens is 5. The van der Waals surface area contributed by atoms with Crippen LogP contribution in [0.15, 0.2) is 59.3 Å². The number of benzene rings is 1. The van der Waals surface area contributed by atoms with Crippen molar-refractivity contribution in [3.63, 3.8) is 0 Å². The van der Waals surface area contributed by atoms with Crippen molar-refractivity contribution in [2.24, 2.45) is 9.81 Å². The molecule has 0 saturated heterocycles. The molecule has 3 aromatic heterocycles. The summed E-state index contributed by atoms with van der Waals surface area (Å²) in [5.41, 5.74) is 9.04. The Labute approximate surface area is 237 Å². The highest BCUT2D eigenvalue weighted by atomic mass is 32.2. The van der Waals surface area contributed by atoms with Gasteiger partial charge < -0.3 is 9.45 Å². The molecule has 9 heteroatoms. The fourth-order valence-corrected chi connectivity index (χ4v) is 6.99. The average molecular weight is 552 g/mol. The first-order valence-corrected chi connectivity index (χ1v) is 15.1. The van der Waals surface area contributed by atoms with Crippen LogP contribution in [0.4, 0.5) is 11.5 Å². The highest BCUT2D eigenvalue weighted by Crippen LogP contribution is 2.49. The summed E-state index contributed by atoms with van der Waals surface area (Å²) in [6.07, 6.45) is 11.6. The van der Waals surface area contributed by atoms with Crippen LogP contribution in [0, 0.1) is 5.41 Å². The van der Waals surface area contributed by atoms with E-state index in [9.17, 15) is 4.55 Å². The van der Waals surface area contributed by atoms with Gasteiger partial charge in [-0.2, -0.15) is 5.10 Å². The van der Waals surface area contributed by atoms with Gasteiger partial charge in [-0.15, -0.1) is 0 Å². The summed E-state index contributed by atoms with van der Waals surface area (Å²) >= 11 is -1.31. The normalized spacial score (nSPS) is 22.4. The molecule has 4 heterocycles. The van der Waals surface area contributed by atoms with E-state index in [0.717, 1.165) is 84.8 Å². The molecule has 0 amide bonds. The van der Waals surface area contributed by atoms with Crippen LogP contribution >= 0.6 is 0 Å². The first kappa shape index (κ1) is 25.4. The fraction of sp³-hybridized carbons (Fsp3) is 0.387. The second-order valence-electron chi connectivity index (χ2n) is 12.1.